The summed E-state index contributed by atoms with van der Waals surface area (Å²) in [6.45, 7) is 1.44. The number of thiazole rings is 1. The minimum atomic E-state index is -4.54. The fraction of sp³-hybridized carbons (Fsp3) is 0.448. The van der Waals surface area contributed by atoms with E-state index in [1.165, 1.54) is 23.5 Å². The zero-order valence-corrected chi connectivity index (χ0v) is 22.7. The zero-order valence-electron chi connectivity index (χ0n) is 21.9. The van der Waals surface area contributed by atoms with Crippen LogP contribution in [0, 0.1) is 5.92 Å². The summed E-state index contributed by atoms with van der Waals surface area (Å²) in [5.41, 5.74) is -0.983. The molecule has 212 valence electrons. The number of amides is 1. The number of nitrogens with one attached hydrogen (secondary N) is 1. The first-order valence-electron chi connectivity index (χ1n) is 13.4. The van der Waals surface area contributed by atoms with E-state index < -0.39 is 23.2 Å². The number of ketones is 1. The lowest BCUT2D eigenvalue weighted by molar-refractivity contribution is -0.137. The van der Waals surface area contributed by atoms with E-state index in [9.17, 15) is 27.9 Å². The number of hydrogen-bond acceptors (Lipinski definition) is 7. The van der Waals surface area contributed by atoms with E-state index in [0.29, 0.717) is 25.3 Å². The van der Waals surface area contributed by atoms with Gasteiger partial charge in [0, 0.05) is 48.7 Å². The molecule has 3 aromatic rings. The second-order valence-corrected chi connectivity index (χ2v) is 11.7. The summed E-state index contributed by atoms with van der Waals surface area (Å²) < 4.78 is 38.7. The number of aromatic nitrogens is 2. The Morgan fingerprint density at radius 3 is 2.65 bits per heavy atom. The Morgan fingerprint density at radius 1 is 1.12 bits per heavy atom. The molecule has 1 saturated carbocycles. The summed E-state index contributed by atoms with van der Waals surface area (Å²) in [7, 11) is 0. The fourth-order valence-corrected chi connectivity index (χ4v) is 6.71. The summed E-state index contributed by atoms with van der Waals surface area (Å²) in [5.74, 6) is -0.673. The van der Waals surface area contributed by atoms with Crippen LogP contribution in [0.15, 0.2) is 55.0 Å². The van der Waals surface area contributed by atoms with Gasteiger partial charge in [-0.15, -0.1) is 11.3 Å². The maximum absolute atomic E-state index is 12.9. The first-order valence-corrected chi connectivity index (χ1v) is 14.2. The van der Waals surface area contributed by atoms with E-state index in [-0.39, 0.29) is 23.8 Å². The van der Waals surface area contributed by atoms with E-state index in [2.05, 4.69) is 20.2 Å². The number of Topliss-reactive ketones (excluding diaryl/α,β-unsaturated/α-hetero) is 1. The van der Waals surface area contributed by atoms with Gasteiger partial charge in [0.25, 0.3) is 5.91 Å². The molecule has 11 heteroatoms. The minimum absolute atomic E-state index is 0.127. The number of carbonyl (C=O) groups is 2. The Bertz CT molecular complexity index is 1340. The Morgan fingerprint density at radius 2 is 1.93 bits per heavy atom. The van der Waals surface area contributed by atoms with Gasteiger partial charge in [-0.2, -0.15) is 13.2 Å². The van der Waals surface area contributed by atoms with Gasteiger partial charge in [-0.25, -0.2) is 4.98 Å². The third-order valence-corrected chi connectivity index (χ3v) is 9.12. The number of likely N-dealkylation sites (tertiary alicyclic amines) is 1. The minimum Gasteiger partial charge on any atom is -0.383 e. The molecule has 40 heavy (non-hydrogen) atoms. The van der Waals surface area contributed by atoms with Crippen LogP contribution in [0.3, 0.4) is 0 Å². The van der Waals surface area contributed by atoms with Gasteiger partial charge in [0.2, 0.25) is 0 Å². The average Bonchev–Trinajstić information content (AvgIpc) is 3.63. The number of nitrogens with zero attached hydrogens (tertiary/aromatic N) is 3. The first-order chi connectivity index (χ1) is 19.1. The van der Waals surface area contributed by atoms with Gasteiger partial charge < -0.3 is 15.3 Å². The Labute approximate surface area is 234 Å². The highest BCUT2D eigenvalue weighted by Crippen LogP contribution is 2.42. The lowest BCUT2D eigenvalue weighted by atomic mass is 9.82. The molecule has 1 aliphatic heterocycles. The Kier molecular flexibility index (Phi) is 8.34. The van der Waals surface area contributed by atoms with E-state index >= 15 is 0 Å². The van der Waals surface area contributed by atoms with Gasteiger partial charge in [0.1, 0.15) is 10.6 Å². The number of pyridine rings is 1. The molecule has 0 bridgehead atoms. The van der Waals surface area contributed by atoms with Crippen LogP contribution in [0.25, 0.3) is 10.4 Å². The molecule has 1 aliphatic carbocycles. The fourth-order valence-electron chi connectivity index (χ4n) is 5.66. The van der Waals surface area contributed by atoms with Gasteiger partial charge in [0.15, 0.2) is 5.78 Å². The van der Waals surface area contributed by atoms with E-state index in [4.69, 9.17) is 0 Å². The molecule has 1 atom stereocenters. The van der Waals surface area contributed by atoms with E-state index in [0.717, 1.165) is 59.9 Å². The van der Waals surface area contributed by atoms with Crippen LogP contribution in [-0.4, -0.2) is 57.3 Å². The molecule has 0 radical (unpaired) electrons. The molecule has 2 aliphatic rings. The van der Waals surface area contributed by atoms with Crippen molar-refractivity contribution in [2.45, 2.75) is 56.3 Å². The second-order valence-electron chi connectivity index (χ2n) is 10.7. The topological polar surface area (TPSA) is 95.4 Å². The number of carbonyl (C=O) groups excluding carboxylic acids is 2. The van der Waals surface area contributed by atoms with Crippen molar-refractivity contribution >= 4 is 23.0 Å². The molecule has 1 aromatic carbocycles. The van der Waals surface area contributed by atoms with Gasteiger partial charge in [-0.3, -0.25) is 14.6 Å². The number of rotatable bonds is 8. The molecule has 1 saturated heterocycles. The Hall–Kier alpha value is -3.15. The Balaban J connectivity index is 1.07. The van der Waals surface area contributed by atoms with Gasteiger partial charge in [0.05, 0.1) is 17.0 Å². The third-order valence-electron chi connectivity index (χ3n) is 7.88. The van der Waals surface area contributed by atoms with E-state index in [1.54, 1.807) is 18.6 Å². The summed E-state index contributed by atoms with van der Waals surface area (Å²) in [4.78, 5) is 36.9. The standard InChI is InChI=1S/C29H31F3N4O3S/c30-29(31,32)22-5-1-3-20(14-22)26(38)34-16-24(37)13-19-8-12-36(18-19)23-6-9-28(39,10-7-23)27-35-17-25(40-27)21-4-2-11-33-15-21/h1-5,11,14-15,17,19,23,39H,6-10,12-13,16,18H2,(H,34,38)/t19-,23?,28?/m0/s1. The molecular weight excluding hydrogens is 541 g/mol. The van der Waals surface area contributed by atoms with Crippen LogP contribution in [0.1, 0.15) is 59.5 Å². The quantitative estimate of drug-likeness (QED) is 0.392. The molecule has 2 aromatic heterocycles. The largest absolute Gasteiger partial charge is 0.416 e. The number of halogens is 3. The maximum Gasteiger partial charge on any atom is 0.416 e. The van der Waals surface area contributed by atoms with E-state index in [1.807, 2.05) is 12.1 Å². The highest BCUT2D eigenvalue weighted by atomic mass is 32.1. The van der Waals surface area contributed by atoms with Crippen LogP contribution >= 0.6 is 11.3 Å². The summed E-state index contributed by atoms with van der Waals surface area (Å²) >= 11 is 1.51. The second kappa shape index (κ2) is 11.8. The van der Waals surface area contributed by atoms with Crippen molar-refractivity contribution in [1.29, 1.82) is 0 Å². The molecule has 7 nitrogen and oxygen atoms in total. The average molecular weight is 573 g/mol. The summed E-state index contributed by atoms with van der Waals surface area (Å²) in [6, 6.07) is 8.34. The van der Waals surface area contributed by atoms with Crippen molar-refractivity contribution in [1.82, 2.24) is 20.2 Å². The SMILES string of the molecule is O=C(CNC(=O)c1cccc(C(F)(F)F)c1)C[C@@H]1CCN(C2CCC(O)(c3ncc(-c4cccnc4)s3)CC2)C1. The lowest BCUT2D eigenvalue weighted by Crippen LogP contribution is -2.41. The lowest BCUT2D eigenvalue weighted by Gasteiger charge is -2.38. The van der Waals surface area contributed by atoms with Gasteiger partial charge in [-0.1, -0.05) is 12.1 Å². The maximum atomic E-state index is 12.9. The monoisotopic (exact) mass is 572 g/mol. The predicted octanol–water partition coefficient (Wildman–Crippen LogP) is 5.07. The third kappa shape index (κ3) is 6.59. The molecule has 0 spiro atoms. The van der Waals surface area contributed by atoms with Crippen molar-refractivity contribution in [3.05, 3.63) is 71.1 Å². The van der Waals surface area contributed by atoms with Crippen molar-refractivity contribution in [2.75, 3.05) is 19.6 Å². The van der Waals surface area contributed by atoms with Crippen LogP contribution in [0.5, 0.6) is 0 Å². The van der Waals surface area contributed by atoms with Gasteiger partial charge >= 0.3 is 6.18 Å². The predicted molar refractivity (Wildman–Crippen MR) is 145 cm³/mol. The number of hydrogen-bond donors (Lipinski definition) is 2. The van der Waals surface area contributed by atoms with Crippen LogP contribution in [0.2, 0.25) is 0 Å². The number of aliphatic hydroxyl groups is 1. The summed E-state index contributed by atoms with van der Waals surface area (Å²) in [6.07, 6.45) is 4.88. The molecular formula is C29H31F3N4O3S. The molecule has 5 rings (SSSR count). The van der Waals surface area contributed by atoms with Crippen molar-refractivity contribution < 1.29 is 27.9 Å². The highest BCUT2D eigenvalue weighted by molar-refractivity contribution is 7.15. The first kappa shape index (κ1) is 28.4. The van der Waals surface area contributed by atoms with Crippen LogP contribution in [-0.2, 0) is 16.6 Å². The molecule has 1 amide bonds. The van der Waals surface area contributed by atoms with Crippen LogP contribution in [0.4, 0.5) is 13.2 Å². The number of benzene rings is 1. The zero-order chi connectivity index (χ0) is 28.3. The molecule has 0 unspecified atom stereocenters. The summed E-state index contributed by atoms with van der Waals surface area (Å²) in [5, 5.41) is 14.5. The van der Waals surface area contributed by atoms with Crippen molar-refractivity contribution in [2.24, 2.45) is 5.92 Å². The number of alkyl halides is 3. The van der Waals surface area contributed by atoms with Crippen LogP contribution < -0.4 is 5.32 Å². The highest BCUT2D eigenvalue weighted by Gasteiger charge is 2.40. The smallest absolute Gasteiger partial charge is 0.383 e. The molecule has 2 N–H and O–H groups in total. The normalized spacial score (nSPS) is 23.7. The molecule has 2 fully saturated rings. The van der Waals surface area contributed by atoms with Crippen molar-refractivity contribution in [3.63, 3.8) is 0 Å². The van der Waals surface area contributed by atoms with Crippen molar-refractivity contribution in [3.8, 4) is 10.4 Å². The van der Waals surface area contributed by atoms with Gasteiger partial charge in [-0.05, 0) is 68.8 Å². The molecule has 3 heterocycles.